The SMILES string of the molecule is COc1ccccc1CC(=O)N1CCN(c2cc(-n3cncn3)ncn2)CC1. The Labute approximate surface area is 162 Å². The molecule has 3 aromatic rings. The fraction of sp³-hybridized carbons (Fsp3) is 0.316. The van der Waals surface area contributed by atoms with Crippen molar-refractivity contribution in [2.75, 3.05) is 38.2 Å². The predicted octanol–water partition coefficient (Wildman–Crippen LogP) is 0.957. The minimum absolute atomic E-state index is 0.107. The van der Waals surface area contributed by atoms with Gasteiger partial charge in [-0.15, -0.1) is 0 Å². The molecule has 1 aromatic carbocycles. The number of aromatic nitrogens is 5. The van der Waals surface area contributed by atoms with Crippen LogP contribution in [0.25, 0.3) is 5.82 Å². The van der Waals surface area contributed by atoms with Gasteiger partial charge in [0, 0.05) is 37.8 Å². The molecule has 0 spiro atoms. The molecule has 0 saturated carbocycles. The Hall–Kier alpha value is -3.49. The molecule has 0 N–H and O–H groups in total. The maximum absolute atomic E-state index is 12.7. The van der Waals surface area contributed by atoms with Crippen LogP contribution in [0.4, 0.5) is 5.82 Å². The first-order valence-corrected chi connectivity index (χ1v) is 9.06. The second kappa shape index (κ2) is 8.03. The van der Waals surface area contributed by atoms with E-state index in [9.17, 15) is 4.79 Å². The van der Waals surface area contributed by atoms with Crippen molar-refractivity contribution < 1.29 is 9.53 Å². The van der Waals surface area contributed by atoms with Crippen LogP contribution in [-0.2, 0) is 11.2 Å². The van der Waals surface area contributed by atoms with Crippen LogP contribution in [0.2, 0.25) is 0 Å². The largest absolute Gasteiger partial charge is 0.496 e. The van der Waals surface area contributed by atoms with Crippen molar-refractivity contribution in [1.82, 2.24) is 29.6 Å². The lowest BCUT2D eigenvalue weighted by Gasteiger charge is -2.35. The van der Waals surface area contributed by atoms with Crippen molar-refractivity contribution >= 4 is 11.7 Å². The van der Waals surface area contributed by atoms with Crippen molar-refractivity contribution in [3.8, 4) is 11.6 Å². The topological polar surface area (TPSA) is 89.3 Å². The number of piperazine rings is 1. The van der Waals surface area contributed by atoms with Crippen molar-refractivity contribution in [2.45, 2.75) is 6.42 Å². The Morgan fingerprint density at radius 1 is 1.07 bits per heavy atom. The number of anilines is 1. The molecule has 0 unspecified atom stereocenters. The van der Waals surface area contributed by atoms with E-state index in [1.54, 1.807) is 18.1 Å². The minimum Gasteiger partial charge on any atom is -0.496 e. The van der Waals surface area contributed by atoms with Gasteiger partial charge in [0.1, 0.15) is 30.5 Å². The molecule has 1 aliphatic heterocycles. The first-order chi connectivity index (χ1) is 13.7. The van der Waals surface area contributed by atoms with Crippen molar-refractivity contribution in [1.29, 1.82) is 0 Å². The second-order valence-electron chi connectivity index (χ2n) is 6.43. The van der Waals surface area contributed by atoms with Crippen LogP contribution in [0, 0.1) is 0 Å². The van der Waals surface area contributed by atoms with E-state index in [2.05, 4.69) is 25.0 Å². The van der Waals surface area contributed by atoms with Gasteiger partial charge in [-0.25, -0.2) is 19.6 Å². The molecular formula is C19H21N7O2. The van der Waals surface area contributed by atoms with Gasteiger partial charge >= 0.3 is 0 Å². The van der Waals surface area contributed by atoms with Crippen LogP contribution in [0.3, 0.4) is 0 Å². The summed E-state index contributed by atoms with van der Waals surface area (Å²) in [7, 11) is 1.62. The van der Waals surface area contributed by atoms with Crippen molar-refractivity contribution in [3.05, 3.63) is 54.9 Å². The highest BCUT2D eigenvalue weighted by atomic mass is 16.5. The summed E-state index contributed by atoms with van der Waals surface area (Å²) in [6.45, 7) is 2.73. The van der Waals surface area contributed by atoms with E-state index in [4.69, 9.17) is 4.74 Å². The Morgan fingerprint density at radius 2 is 1.86 bits per heavy atom. The first-order valence-electron chi connectivity index (χ1n) is 9.06. The molecule has 3 heterocycles. The van der Waals surface area contributed by atoms with E-state index in [-0.39, 0.29) is 5.91 Å². The quantitative estimate of drug-likeness (QED) is 0.652. The summed E-state index contributed by atoms with van der Waals surface area (Å²) in [4.78, 5) is 29.3. The number of hydrogen-bond donors (Lipinski definition) is 0. The van der Waals surface area contributed by atoms with Gasteiger partial charge < -0.3 is 14.5 Å². The van der Waals surface area contributed by atoms with E-state index in [0.717, 1.165) is 17.1 Å². The van der Waals surface area contributed by atoms with Crippen LogP contribution in [-0.4, -0.2) is 68.8 Å². The number of ether oxygens (including phenoxy) is 1. The summed E-state index contributed by atoms with van der Waals surface area (Å²) in [6.07, 6.45) is 4.92. The Kier molecular flexibility index (Phi) is 5.14. The van der Waals surface area contributed by atoms with Gasteiger partial charge in [-0.1, -0.05) is 18.2 Å². The van der Waals surface area contributed by atoms with Crippen molar-refractivity contribution in [2.24, 2.45) is 0 Å². The van der Waals surface area contributed by atoms with Gasteiger partial charge in [0.05, 0.1) is 13.5 Å². The summed E-state index contributed by atoms with van der Waals surface area (Å²) in [5, 5.41) is 4.10. The highest BCUT2D eigenvalue weighted by molar-refractivity contribution is 5.79. The highest BCUT2D eigenvalue weighted by Gasteiger charge is 2.23. The molecule has 2 aromatic heterocycles. The lowest BCUT2D eigenvalue weighted by atomic mass is 10.1. The summed E-state index contributed by atoms with van der Waals surface area (Å²) in [5.74, 6) is 2.33. The molecule has 144 valence electrons. The Morgan fingerprint density at radius 3 is 2.61 bits per heavy atom. The predicted molar refractivity (Wildman–Crippen MR) is 102 cm³/mol. The zero-order valence-electron chi connectivity index (χ0n) is 15.6. The average Bonchev–Trinajstić information content (AvgIpc) is 3.29. The molecule has 0 bridgehead atoms. The summed E-state index contributed by atoms with van der Waals surface area (Å²) in [5.41, 5.74) is 0.908. The van der Waals surface area contributed by atoms with Crippen LogP contribution in [0.5, 0.6) is 5.75 Å². The molecule has 9 heteroatoms. The molecular weight excluding hydrogens is 358 g/mol. The highest BCUT2D eigenvalue weighted by Crippen LogP contribution is 2.20. The third-order valence-corrected chi connectivity index (χ3v) is 4.78. The van der Waals surface area contributed by atoms with Gasteiger partial charge in [-0.05, 0) is 6.07 Å². The van der Waals surface area contributed by atoms with E-state index >= 15 is 0 Å². The third kappa shape index (κ3) is 3.78. The number of benzene rings is 1. The molecule has 0 radical (unpaired) electrons. The normalized spacial score (nSPS) is 14.2. The Bertz CT molecular complexity index is 937. The van der Waals surface area contributed by atoms with E-state index < -0.39 is 0 Å². The van der Waals surface area contributed by atoms with Gasteiger partial charge in [0.2, 0.25) is 5.91 Å². The summed E-state index contributed by atoms with van der Waals surface area (Å²) < 4.78 is 6.94. The van der Waals surface area contributed by atoms with E-state index in [1.165, 1.54) is 12.7 Å². The molecule has 0 aliphatic carbocycles. The molecule has 4 rings (SSSR count). The molecule has 9 nitrogen and oxygen atoms in total. The number of para-hydroxylation sites is 1. The lowest BCUT2D eigenvalue weighted by molar-refractivity contribution is -0.130. The Balaban J connectivity index is 1.38. The molecule has 1 saturated heterocycles. The molecule has 1 fully saturated rings. The molecule has 1 amide bonds. The monoisotopic (exact) mass is 379 g/mol. The fourth-order valence-corrected chi connectivity index (χ4v) is 3.27. The maximum Gasteiger partial charge on any atom is 0.227 e. The zero-order valence-corrected chi connectivity index (χ0v) is 15.6. The summed E-state index contributed by atoms with van der Waals surface area (Å²) in [6, 6.07) is 9.51. The van der Waals surface area contributed by atoms with Crippen LogP contribution in [0.1, 0.15) is 5.56 Å². The smallest absolute Gasteiger partial charge is 0.227 e. The first kappa shape index (κ1) is 17.9. The molecule has 28 heavy (non-hydrogen) atoms. The van der Waals surface area contributed by atoms with Crippen molar-refractivity contribution in [3.63, 3.8) is 0 Å². The number of carbonyl (C=O) groups excluding carboxylic acids is 1. The van der Waals surface area contributed by atoms with E-state index in [1.807, 2.05) is 35.2 Å². The molecule has 0 atom stereocenters. The number of rotatable bonds is 5. The minimum atomic E-state index is 0.107. The van der Waals surface area contributed by atoms with Crippen LogP contribution < -0.4 is 9.64 Å². The van der Waals surface area contributed by atoms with Gasteiger partial charge in [0.25, 0.3) is 0 Å². The number of methoxy groups -OCH3 is 1. The second-order valence-corrected chi connectivity index (χ2v) is 6.43. The standard InChI is InChI=1S/C19H21N7O2/c1-28-16-5-3-2-4-15(16)10-19(27)25-8-6-24(7-9-25)17-11-18(22-13-21-17)26-14-20-12-23-26/h2-5,11-14H,6-10H2,1H3. The molecule has 1 aliphatic rings. The lowest BCUT2D eigenvalue weighted by Crippen LogP contribution is -2.49. The van der Waals surface area contributed by atoms with E-state index in [0.29, 0.717) is 38.4 Å². The number of nitrogens with zero attached hydrogens (tertiary/aromatic N) is 7. The number of hydrogen-bond acceptors (Lipinski definition) is 7. The zero-order chi connectivity index (χ0) is 19.3. The van der Waals surface area contributed by atoms with Crippen LogP contribution in [0.15, 0.2) is 49.3 Å². The van der Waals surface area contributed by atoms with Gasteiger partial charge in [-0.2, -0.15) is 5.10 Å². The van der Waals surface area contributed by atoms with Gasteiger partial charge in [-0.3, -0.25) is 4.79 Å². The summed E-state index contributed by atoms with van der Waals surface area (Å²) >= 11 is 0. The van der Waals surface area contributed by atoms with Gasteiger partial charge in [0.15, 0.2) is 5.82 Å². The number of carbonyl (C=O) groups is 1. The average molecular weight is 379 g/mol. The maximum atomic E-state index is 12.7. The number of amides is 1. The van der Waals surface area contributed by atoms with Crippen LogP contribution >= 0.6 is 0 Å². The third-order valence-electron chi connectivity index (χ3n) is 4.78. The fourth-order valence-electron chi connectivity index (χ4n) is 3.27.